The van der Waals surface area contributed by atoms with Crippen LogP contribution in [-0.4, -0.2) is 29.3 Å². The summed E-state index contributed by atoms with van der Waals surface area (Å²) in [7, 11) is 0. The lowest BCUT2D eigenvalue weighted by Crippen LogP contribution is -2.36. The van der Waals surface area contributed by atoms with Crippen LogP contribution < -0.4 is 5.32 Å². The molecule has 1 fully saturated rings. The second-order valence-electron chi connectivity index (χ2n) is 6.39. The topological polar surface area (TPSA) is 62.6 Å². The zero-order valence-corrected chi connectivity index (χ0v) is 14.7. The first-order valence-electron chi connectivity index (χ1n) is 8.41. The van der Waals surface area contributed by atoms with Crippen LogP contribution in [0.1, 0.15) is 22.5 Å². The summed E-state index contributed by atoms with van der Waals surface area (Å²) < 4.78 is 5.58. The summed E-state index contributed by atoms with van der Waals surface area (Å²) in [5, 5.41) is 4.40. The fraction of sp³-hybridized carbons (Fsp3) is 0.200. The molecule has 0 aliphatic carbocycles. The molecule has 1 N–H and O–H groups in total. The predicted octanol–water partition coefficient (Wildman–Crippen LogP) is 3.62. The van der Waals surface area contributed by atoms with Crippen molar-refractivity contribution in [3.05, 3.63) is 70.9 Å². The first-order valence-corrected chi connectivity index (χ1v) is 8.78. The van der Waals surface area contributed by atoms with E-state index < -0.39 is 0 Å². The van der Waals surface area contributed by atoms with E-state index in [4.69, 9.17) is 16.0 Å². The smallest absolute Gasteiger partial charge is 0.287 e. The van der Waals surface area contributed by atoms with Crippen LogP contribution in [-0.2, 0) is 11.3 Å². The van der Waals surface area contributed by atoms with Gasteiger partial charge >= 0.3 is 0 Å². The molecule has 1 aliphatic rings. The van der Waals surface area contributed by atoms with Gasteiger partial charge in [-0.25, -0.2) is 0 Å². The first-order chi connectivity index (χ1) is 12.6. The molecule has 0 radical (unpaired) electrons. The SMILES string of the molecule is O=C(NC1CC(=O)N(Cc2ccccc2Cl)C1)c1cc2ccccc2o1. The van der Waals surface area contributed by atoms with Crippen LogP contribution >= 0.6 is 11.6 Å². The van der Waals surface area contributed by atoms with Gasteiger partial charge in [0, 0.05) is 29.9 Å². The number of amides is 2. The Balaban J connectivity index is 1.42. The quantitative estimate of drug-likeness (QED) is 0.765. The van der Waals surface area contributed by atoms with Crippen molar-refractivity contribution in [1.29, 1.82) is 0 Å². The molecule has 26 heavy (non-hydrogen) atoms. The largest absolute Gasteiger partial charge is 0.451 e. The van der Waals surface area contributed by atoms with E-state index in [0.29, 0.717) is 23.7 Å². The van der Waals surface area contributed by atoms with Crippen molar-refractivity contribution in [3.63, 3.8) is 0 Å². The van der Waals surface area contributed by atoms with Gasteiger partial charge in [-0.05, 0) is 23.8 Å². The first kappa shape index (κ1) is 16.7. The van der Waals surface area contributed by atoms with Gasteiger partial charge < -0.3 is 14.6 Å². The van der Waals surface area contributed by atoms with Gasteiger partial charge in [-0.1, -0.05) is 48.0 Å². The number of fused-ring (bicyclic) bond motifs is 1. The fourth-order valence-electron chi connectivity index (χ4n) is 3.20. The average molecular weight is 369 g/mol. The molecule has 0 bridgehead atoms. The zero-order valence-electron chi connectivity index (χ0n) is 13.9. The van der Waals surface area contributed by atoms with Crippen molar-refractivity contribution in [1.82, 2.24) is 10.2 Å². The number of para-hydroxylation sites is 1. The number of carbonyl (C=O) groups is 2. The summed E-state index contributed by atoms with van der Waals surface area (Å²) in [4.78, 5) is 26.4. The van der Waals surface area contributed by atoms with Crippen LogP contribution in [0.5, 0.6) is 0 Å². The van der Waals surface area contributed by atoms with E-state index in [1.165, 1.54) is 0 Å². The number of nitrogens with zero attached hydrogens (tertiary/aromatic N) is 1. The van der Waals surface area contributed by atoms with E-state index in [1.54, 1.807) is 17.0 Å². The van der Waals surface area contributed by atoms with Gasteiger partial charge in [-0.3, -0.25) is 9.59 Å². The normalized spacial score (nSPS) is 17.0. The van der Waals surface area contributed by atoms with E-state index >= 15 is 0 Å². The zero-order chi connectivity index (χ0) is 18.1. The number of halogens is 1. The van der Waals surface area contributed by atoms with Gasteiger partial charge in [0.1, 0.15) is 5.58 Å². The summed E-state index contributed by atoms with van der Waals surface area (Å²) in [5.41, 5.74) is 1.56. The highest BCUT2D eigenvalue weighted by Crippen LogP contribution is 2.22. The maximum atomic E-state index is 12.4. The molecule has 2 aromatic carbocycles. The van der Waals surface area contributed by atoms with Crippen molar-refractivity contribution in [3.8, 4) is 0 Å². The molecule has 2 amide bonds. The summed E-state index contributed by atoms with van der Waals surface area (Å²) in [5.74, 6) is -0.0541. The van der Waals surface area contributed by atoms with Crippen LogP contribution in [0.4, 0.5) is 0 Å². The van der Waals surface area contributed by atoms with E-state index in [2.05, 4.69) is 5.32 Å². The summed E-state index contributed by atoms with van der Waals surface area (Å²) >= 11 is 6.17. The van der Waals surface area contributed by atoms with Crippen molar-refractivity contribution in [2.75, 3.05) is 6.54 Å². The Kier molecular flexibility index (Phi) is 4.39. The maximum absolute atomic E-state index is 12.4. The van der Waals surface area contributed by atoms with Crippen molar-refractivity contribution in [2.24, 2.45) is 0 Å². The van der Waals surface area contributed by atoms with Gasteiger partial charge in [-0.2, -0.15) is 0 Å². The molecule has 3 aromatic rings. The third-order valence-electron chi connectivity index (χ3n) is 4.52. The Morgan fingerprint density at radius 2 is 1.96 bits per heavy atom. The number of rotatable bonds is 4. The van der Waals surface area contributed by atoms with Gasteiger partial charge in [0.25, 0.3) is 5.91 Å². The van der Waals surface area contributed by atoms with E-state index in [1.807, 2.05) is 42.5 Å². The Morgan fingerprint density at radius 3 is 2.77 bits per heavy atom. The van der Waals surface area contributed by atoms with Crippen LogP contribution in [0.15, 0.2) is 59.0 Å². The second-order valence-corrected chi connectivity index (χ2v) is 6.80. The van der Waals surface area contributed by atoms with Crippen molar-refractivity contribution >= 4 is 34.4 Å². The van der Waals surface area contributed by atoms with E-state index in [-0.39, 0.29) is 30.0 Å². The standard InChI is InChI=1S/C20H17ClN2O3/c21-16-7-3-1-6-14(16)11-23-12-15(10-19(23)24)22-20(25)18-9-13-5-2-4-8-17(13)26-18/h1-9,15H,10-12H2,(H,22,25). The molecule has 1 saturated heterocycles. The van der Waals surface area contributed by atoms with Crippen molar-refractivity contribution < 1.29 is 14.0 Å². The number of carbonyl (C=O) groups excluding carboxylic acids is 2. The Labute approximate surface area is 155 Å². The van der Waals surface area contributed by atoms with Crippen LogP contribution in [0.3, 0.4) is 0 Å². The summed E-state index contributed by atoms with van der Waals surface area (Å²) in [6.07, 6.45) is 0.274. The van der Waals surface area contributed by atoms with Gasteiger partial charge in [0.2, 0.25) is 5.91 Å². The molecule has 1 unspecified atom stereocenters. The highest BCUT2D eigenvalue weighted by atomic mass is 35.5. The maximum Gasteiger partial charge on any atom is 0.287 e. The lowest BCUT2D eigenvalue weighted by atomic mass is 10.2. The Bertz CT molecular complexity index is 949. The Hall–Kier alpha value is -2.79. The highest BCUT2D eigenvalue weighted by Gasteiger charge is 2.31. The van der Waals surface area contributed by atoms with Gasteiger partial charge in [0.15, 0.2) is 5.76 Å². The van der Waals surface area contributed by atoms with E-state index in [0.717, 1.165) is 10.9 Å². The molecular weight excluding hydrogens is 352 g/mol. The predicted molar refractivity (Wildman–Crippen MR) is 99.0 cm³/mol. The van der Waals surface area contributed by atoms with E-state index in [9.17, 15) is 9.59 Å². The lowest BCUT2D eigenvalue weighted by Gasteiger charge is -2.17. The minimum atomic E-state index is -0.307. The molecule has 5 nitrogen and oxygen atoms in total. The number of hydrogen-bond donors (Lipinski definition) is 1. The molecule has 2 heterocycles. The summed E-state index contributed by atoms with van der Waals surface area (Å²) in [6, 6.07) is 16.4. The number of likely N-dealkylation sites (tertiary alicyclic amines) is 1. The number of nitrogens with one attached hydrogen (secondary N) is 1. The third-order valence-corrected chi connectivity index (χ3v) is 4.89. The van der Waals surface area contributed by atoms with Crippen LogP contribution in [0, 0.1) is 0 Å². The minimum absolute atomic E-state index is 0.000161. The molecule has 0 spiro atoms. The summed E-state index contributed by atoms with van der Waals surface area (Å²) in [6.45, 7) is 0.894. The molecule has 132 valence electrons. The molecular formula is C20H17ClN2O3. The monoisotopic (exact) mass is 368 g/mol. The average Bonchev–Trinajstić information content (AvgIpc) is 3.20. The van der Waals surface area contributed by atoms with Crippen molar-refractivity contribution in [2.45, 2.75) is 19.0 Å². The second kappa shape index (κ2) is 6.84. The van der Waals surface area contributed by atoms with Crippen LogP contribution in [0.2, 0.25) is 5.02 Å². The fourth-order valence-corrected chi connectivity index (χ4v) is 3.40. The molecule has 1 atom stereocenters. The third kappa shape index (κ3) is 3.30. The van der Waals surface area contributed by atoms with Gasteiger partial charge in [0.05, 0.1) is 6.04 Å². The molecule has 1 aromatic heterocycles. The molecule has 4 rings (SSSR count). The minimum Gasteiger partial charge on any atom is -0.451 e. The number of furan rings is 1. The molecule has 1 aliphatic heterocycles. The van der Waals surface area contributed by atoms with Crippen LogP contribution in [0.25, 0.3) is 11.0 Å². The van der Waals surface area contributed by atoms with Gasteiger partial charge in [-0.15, -0.1) is 0 Å². The number of benzene rings is 2. The lowest BCUT2D eigenvalue weighted by molar-refractivity contribution is -0.128. The molecule has 0 saturated carbocycles. The highest BCUT2D eigenvalue weighted by molar-refractivity contribution is 6.31. The number of hydrogen-bond acceptors (Lipinski definition) is 3. The Morgan fingerprint density at radius 1 is 1.19 bits per heavy atom. The molecule has 6 heteroatoms.